The second-order valence-electron chi connectivity index (χ2n) is 4.02. The largest absolute Gasteiger partial charge is 0.495 e. The number of ether oxygens (including phenoxy) is 1. The van der Waals surface area contributed by atoms with Crippen molar-refractivity contribution in [1.29, 1.82) is 0 Å². The summed E-state index contributed by atoms with van der Waals surface area (Å²) >= 11 is 5.83. The normalized spacial score (nSPS) is 11.1. The van der Waals surface area contributed by atoms with Crippen LogP contribution in [-0.4, -0.2) is 18.6 Å². The standard InChI is InChI=1S/C11H15ClN2O2/c1-11(2,13)10(15)14-8-6-7(12)4-5-9(8)16-3/h4-6H,13H2,1-3H3,(H,14,15). The molecule has 0 atom stereocenters. The molecule has 1 aromatic carbocycles. The van der Waals surface area contributed by atoms with Crippen molar-refractivity contribution in [2.24, 2.45) is 5.73 Å². The molecule has 0 aliphatic rings. The fraction of sp³-hybridized carbons (Fsp3) is 0.364. The van der Waals surface area contributed by atoms with Crippen LogP contribution in [0.5, 0.6) is 5.75 Å². The molecule has 0 aliphatic carbocycles. The number of carbonyl (C=O) groups excluding carboxylic acids is 1. The molecule has 0 aliphatic heterocycles. The summed E-state index contributed by atoms with van der Waals surface area (Å²) in [5, 5.41) is 3.19. The van der Waals surface area contributed by atoms with Crippen molar-refractivity contribution in [3.05, 3.63) is 23.2 Å². The molecule has 16 heavy (non-hydrogen) atoms. The minimum Gasteiger partial charge on any atom is -0.495 e. The molecule has 0 unspecified atom stereocenters. The number of amides is 1. The predicted octanol–water partition coefficient (Wildman–Crippen LogP) is 2.02. The molecule has 0 spiro atoms. The van der Waals surface area contributed by atoms with Crippen LogP contribution in [0.3, 0.4) is 0 Å². The van der Waals surface area contributed by atoms with E-state index in [0.29, 0.717) is 16.5 Å². The number of hydrogen-bond donors (Lipinski definition) is 2. The topological polar surface area (TPSA) is 64.3 Å². The third kappa shape index (κ3) is 3.12. The first-order valence-corrected chi connectivity index (χ1v) is 5.16. The molecule has 0 bridgehead atoms. The van der Waals surface area contributed by atoms with Gasteiger partial charge in [0, 0.05) is 5.02 Å². The maximum absolute atomic E-state index is 11.7. The van der Waals surface area contributed by atoms with Gasteiger partial charge in [0.2, 0.25) is 5.91 Å². The van der Waals surface area contributed by atoms with Gasteiger partial charge >= 0.3 is 0 Å². The summed E-state index contributed by atoms with van der Waals surface area (Å²) in [4.78, 5) is 11.7. The SMILES string of the molecule is COc1ccc(Cl)cc1NC(=O)C(C)(C)N. The van der Waals surface area contributed by atoms with E-state index in [0.717, 1.165) is 0 Å². The third-order valence-corrected chi connectivity index (χ3v) is 2.23. The molecule has 0 saturated heterocycles. The number of halogens is 1. The average Bonchev–Trinajstić information content (AvgIpc) is 2.16. The monoisotopic (exact) mass is 242 g/mol. The molecule has 1 amide bonds. The Bertz CT molecular complexity index is 399. The first kappa shape index (κ1) is 12.8. The van der Waals surface area contributed by atoms with Crippen LogP contribution in [0.2, 0.25) is 5.02 Å². The molecule has 0 radical (unpaired) electrons. The van der Waals surface area contributed by atoms with Crippen molar-refractivity contribution in [2.75, 3.05) is 12.4 Å². The highest BCUT2D eigenvalue weighted by atomic mass is 35.5. The van der Waals surface area contributed by atoms with E-state index in [1.54, 1.807) is 32.0 Å². The molecule has 0 fully saturated rings. The molecule has 0 heterocycles. The number of carbonyl (C=O) groups is 1. The Morgan fingerprint density at radius 2 is 2.12 bits per heavy atom. The summed E-state index contributed by atoms with van der Waals surface area (Å²) in [7, 11) is 1.52. The highest BCUT2D eigenvalue weighted by molar-refractivity contribution is 6.31. The number of methoxy groups -OCH3 is 1. The van der Waals surface area contributed by atoms with Gasteiger partial charge in [-0.05, 0) is 32.0 Å². The molecule has 4 nitrogen and oxygen atoms in total. The van der Waals surface area contributed by atoms with Crippen molar-refractivity contribution < 1.29 is 9.53 Å². The van der Waals surface area contributed by atoms with Crippen molar-refractivity contribution in [3.8, 4) is 5.75 Å². The Labute approximate surface area is 99.7 Å². The molecule has 1 aromatic rings. The zero-order valence-corrected chi connectivity index (χ0v) is 10.3. The third-order valence-electron chi connectivity index (χ3n) is 1.99. The summed E-state index contributed by atoms with van der Waals surface area (Å²) < 4.78 is 5.10. The van der Waals surface area contributed by atoms with Crippen LogP contribution in [0, 0.1) is 0 Å². The first-order valence-electron chi connectivity index (χ1n) is 4.78. The summed E-state index contributed by atoms with van der Waals surface area (Å²) in [6.45, 7) is 3.25. The summed E-state index contributed by atoms with van der Waals surface area (Å²) in [6.07, 6.45) is 0. The van der Waals surface area contributed by atoms with Crippen molar-refractivity contribution in [3.63, 3.8) is 0 Å². The predicted molar refractivity (Wildman–Crippen MR) is 64.9 cm³/mol. The second kappa shape index (κ2) is 4.72. The van der Waals surface area contributed by atoms with Gasteiger partial charge in [0.15, 0.2) is 0 Å². The molecule has 0 aromatic heterocycles. The lowest BCUT2D eigenvalue weighted by molar-refractivity contribution is -0.120. The van der Waals surface area contributed by atoms with Gasteiger partial charge in [-0.15, -0.1) is 0 Å². The molecular weight excluding hydrogens is 228 g/mol. The van der Waals surface area contributed by atoms with E-state index in [2.05, 4.69) is 5.32 Å². The van der Waals surface area contributed by atoms with Gasteiger partial charge in [-0.25, -0.2) is 0 Å². The number of nitrogens with two attached hydrogens (primary N) is 1. The van der Waals surface area contributed by atoms with Crippen LogP contribution in [-0.2, 0) is 4.79 Å². The zero-order chi connectivity index (χ0) is 12.3. The average molecular weight is 243 g/mol. The Morgan fingerprint density at radius 1 is 1.50 bits per heavy atom. The van der Waals surface area contributed by atoms with Crippen LogP contribution in [0.25, 0.3) is 0 Å². The van der Waals surface area contributed by atoms with Crippen LogP contribution in [0.1, 0.15) is 13.8 Å². The first-order chi connectivity index (χ1) is 7.34. The fourth-order valence-electron chi connectivity index (χ4n) is 1.06. The fourth-order valence-corrected chi connectivity index (χ4v) is 1.23. The molecular formula is C11H15ClN2O2. The lowest BCUT2D eigenvalue weighted by atomic mass is 10.1. The Kier molecular flexibility index (Phi) is 3.78. The zero-order valence-electron chi connectivity index (χ0n) is 9.50. The lowest BCUT2D eigenvalue weighted by Crippen LogP contribution is -2.45. The van der Waals surface area contributed by atoms with Crippen LogP contribution in [0.4, 0.5) is 5.69 Å². The Hall–Kier alpha value is -1.26. The smallest absolute Gasteiger partial charge is 0.243 e. The molecule has 0 saturated carbocycles. The number of rotatable bonds is 3. The maximum atomic E-state index is 11.7. The minimum atomic E-state index is -0.951. The lowest BCUT2D eigenvalue weighted by Gasteiger charge is -2.19. The van der Waals surface area contributed by atoms with E-state index in [-0.39, 0.29) is 5.91 Å². The number of anilines is 1. The van der Waals surface area contributed by atoms with Gasteiger partial charge < -0.3 is 15.8 Å². The maximum Gasteiger partial charge on any atom is 0.243 e. The van der Waals surface area contributed by atoms with Crippen molar-refractivity contribution >= 4 is 23.2 Å². The van der Waals surface area contributed by atoms with E-state index >= 15 is 0 Å². The van der Waals surface area contributed by atoms with Crippen LogP contribution < -0.4 is 15.8 Å². The summed E-state index contributed by atoms with van der Waals surface area (Å²) in [5.74, 6) is 0.245. The molecule has 3 N–H and O–H groups in total. The van der Waals surface area contributed by atoms with E-state index in [9.17, 15) is 4.79 Å². The van der Waals surface area contributed by atoms with Gasteiger partial charge in [0.1, 0.15) is 5.75 Å². The van der Waals surface area contributed by atoms with Gasteiger partial charge in [-0.2, -0.15) is 0 Å². The van der Waals surface area contributed by atoms with Gasteiger partial charge in [-0.3, -0.25) is 4.79 Å². The van der Waals surface area contributed by atoms with E-state index in [1.807, 2.05) is 0 Å². The molecule has 88 valence electrons. The quantitative estimate of drug-likeness (QED) is 0.852. The molecule has 1 rings (SSSR count). The Morgan fingerprint density at radius 3 is 2.62 bits per heavy atom. The van der Waals surface area contributed by atoms with E-state index < -0.39 is 5.54 Å². The molecule has 5 heteroatoms. The van der Waals surface area contributed by atoms with E-state index in [1.165, 1.54) is 7.11 Å². The van der Waals surface area contributed by atoms with Gasteiger partial charge in [-0.1, -0.05) is 11.6 Å². The number of hydrogen-bond acceptors (Lipinski definition) is 3. The van der Waals surface area contributed by atoms with Crippen molar-refractivity contribution in [1.82, 2.24) is 0 Å². The van der Waals surface area contributed by atoms with Gasteiger partial charge in [0.05, 0.1) is 18.3 Å². The van der Waals surface area contributed by atoms with Crippen LogP contribution in [0.15, 0.2) is 18.2 Å². The van der Waals surface area contributed by atoms with E-state index in [4.69, 9.17) is 22.1 Å². The number of benzene rings is 1. The number of nitrogens with one attached hydrogen (secondary N) is 1. The summed E-state index contributed by atoms with van der Waals surface area (Å²) in [5.41, 5.74) is 5.23. The second-order valence-corrected chi connectivity index (χ2v) is 4.46. The van der Waals surface area contributed by atoms with Crippen molar-refractivity contribution in [2.45, 2.75) is 19.4 Å². The Balaban J connectivity index is 2.96. The van der Waals surface area contributed by atoms with Crippen LogP contribution >= 0.6 is 11.6 Å². The minimum absolute atomic E-state index is 0.298. The summed E-state index contributed by atoms with van der Waals surface area (Å²) in [6, 6.07) is 4.98. The highest BCUT2D eigenvalue weighted by Gasteiger charge is 2.22. The van der Waals surface area contributed by atoms with Gasteiger partial charge in [0.25, 0.3) is 0 Å². The highest BCUT2D eigenvalue weighted by Crippen LogP contribution is 2.28.